The molecule has 0 N–H and O–H groups in total. The van der Waals surface area contributed by atoms with Crippen molar-refractivity contribution in [3.8, 4) is 11.1 Å². The van der Waals surface area contributed by atoms with Crippen LogP contribution in [0.15, 0.2) is 47.4 Å². The van der Waals surface area contributed by atoms with Gasteiger partial charge in [0.2, 0.25) is 0 Å². The monoisotopic (exact) mass is 278 g/mol. The SMILES string of the molecule is Cc1ccc(C=O)c(-c2ccc(SC(F)F)cc2)c1. The molecular formula is C15H12F2OS. The van der Waals surface area contributed by atoms with Crippen molar-refractivity contribution >= 4 is 18.0 Å². The van der Waals surface area contributed by atoms with Crippen molar-refractivity contribution in [2.24, 2.45) is 0 Å². The zero-order chi connectivity index (χ0) is 13.8. The van der Waals surface area contributed by atoms with Gasteiger partial charge in [-0.15, -0.1) is 0 Å². The first-order valence-corrected chi connectivity index (χ1v) is 6.59. The van der Waals surface area contributed by atoms with Crippen LogP contribution < -0.4 is 0 Å². The first kappa shape index (κ1) is 13.7. The van der Waals surface area contributed by atoms with Crippen LogP contribution >= 0.6 is 11.8 Å². The molecule has 0 radical (unpaired) electrons. The Labute approximate surface area is 114 Å². The smallest absolute Gasteiger partial charge is 0.288 e. The molecule has 0 aliphatic rings. The maximum Gasteiger partial charge on any atom is 0.288 e. The Morgan fingerprint density at radius 3 is 2.37 bits per heavy atom. The molecule has 0 saturated heterocycles. The van der Waals surface area contributed by atoms with Gasteiger partial charge >= 0.3 is 0 Å². The Morgan fingerprint density at radius 1 is 1.11 bits per heavy atom. The van der Waals surface area contributed by atoms with Crippen LogP contribution in [-0.4, -0.2) is 12.0 Å². The normalized spacial score (nSPS) is 10.7. The Hall–Kier alpha value is -1.68. The van der Waals surface area contributed by atoms with Gasteiger partial charge in [0.15, 0.2) is 6.29 Å². The van der Waals surface area contributed by atoms with E-state index in [0.29, 0.717) is 22.2 Å². The lowest BCUT2D eigenvalue weighted by Gasteiger charge is -2.07. The summed E-state index contributed by atoms with van der Waals surface area (Å²) in [5.41, 5.74) is 3.32. The van der Waals surface area contributed by atoms with Crippen LogP contribution in [0.25, 0.3) is 11.1 Å². The average Bonchev–Trinajstić information content (AvgIpc) is 2.39. The summed E-state index contributed by atoms with van der Waals surface area (Å²) in [4.78, 5) is 11.5. The van der Waals surface area contributed by atoms with Crippen molar-refractivity contribution in [3.05, 3.63) is 53.6 Å². The quantitative estimate of drug-likeness (QED) is 0.591. The molecule has 0 heterocycles. The molecule has 19 heavy (non-hydrogen) atoms. The van der Waals surface area contributed by atoms with Gasteiger partial charge in [-0.3, -0.25) is 4.79 Å². The second-order valence-corrected chi connectivity index (χ2v) is 5.17. The third kappa shape index (κ3) is 3.41. The van der Waals surface area contributed by atoms with E-state index in [1.807, 2.05) is 19.1 Å². The van der Waals surface area contributed by atoms with E-state index in [9.17, 15) is 13.6 Å². The zero-order valence-corrected chi connectivity index (χ0v) is 11.1. The fourth-order valence-electron chi connectivity index (χ4n) is 1.84. The van der Waals surface area contributed by atoms with Crippen LogP contribution in [0.2, 0.25) is 0 Å². The predicted octanol–water partition coefficient (Wildman–Crippen LogP) is 4.79. The molecule has 2 aromatic carbocycles. The van der Waals surface area contributed by atoms with Gasteiger partial charge in [0.1, 0.15) is 0 Å². The summed E-state index contributed by atoms with van der Waals surface area (Å²) >= 11 is 0.513. The lowest BCUT2D eigenvalue weighted by atomic mass is 9.98. The number of benzene rings is 2. The largest absolute Gasteiger partial charge is 0.298 e. The van der Waals surface area contributed by atoms with Gasteiger partial charge in [0, 0.05) is 10.5 Å². The van der Waals surface area contributed by atoms with E-state index < -0.39 is 5.76 Å². The maximum absolute atomic E-state index is 12.2. The van der Waals surface area contributed by atoms with Crippen molar-refractivity contribution < 1.29 is 13.6 Å². The van der Waals surface area contributed by atoms with E-state index >= 15 is 0 Å². The summed E-state index contributed by atoms with van der Waals surface area (Å²) in [6.07, 6.45) is 0.802. The minimum Gasteiger partial charge on any atom is -0.298 e. The van der Waals surface area contributed by atoms with Crippen molar-refractivity contribution in [1.29, 1.82) is 0 Å². The molecule has 2 rings (SSSR count). The van der Waals surface area contributed by atoms with Gasteiger partial charge in [-0.2, -0.15) is 8.78 Å². The number of hydrogen-bond acceptors (Lipinski definition) is 2. The molecule has 4 heteroatoms. The summed E-state index contributed by atoms with van der Waals surface area (Å²) in [6.45, 7) is 1.94. The van der Waals surface area contributed by atoms with E-state index in [0.717, 1.165) is 23.0 Å². The van der Waals surface area contributed by atoms with Gasteiger partial charge in [-0.05, 0) is 30.2 Å². The first-order chi connectivity index (χ1) is 9.10. The molecule has 0 aromatic heterocycles. The van der Waals surface area contributed by atoms with Gasteiger partial charge in [-0.25, -0.2) is 0 Å². The number of halogens is 2. The molecular weight excluding hydrogens is 266 g/mol. The predicted molar refractivity (Wildman–Crippen MR) is 73.9 cm³/mol. The topological polar surface area (TPSA) is 17.1 Å². The molecule has 0 aliphatic heterocycles. The van der Waals surface area contributed by atoms with E-state index in [-0.39, 0.29) is 0 Å². The standard InChI is InChI=1S/C15H12F2OS/c1-10-2-3-12(9-18)14(8-10)11-4-6-13(7-5-11)19-15(16)17/h2-9,15H,1H3. The van der Waals surface area contributed by atoms with Crippen LogP contribution in [0.5, 0.6) is 0 Å². The van der Waals surface area contributed by atoms with E-state index in [1.54, 1.807) is 30.3 Å². The zero-order valence-electron chi connectivity index (χ0n) is 10.3. The van der Waals surface area contributed by atoms with Crippen LogP contribution in [0, 0.1) is 6.92 Å². The first-order valence-electron chi connectivity index (χ1n) is 5.71. The summed E-state index contributed by atoms with van der Waals surface area (Å²) in [6, 6.07) is 12.3. The fraction of sp³-hybridized carbons (Fsp3) is 0.133. The lowest BCUT2D eigenvalue weighted by Crippen LogP contribution is -1.89. The maximum atomic E-state index is 12.2. The Morgan fingerprint density at radius 2 is 1.79 bits per heavy atom. The molecule has 1 nitrogen and oxygen atoms in total. The molecule has 0 spiro atoms. The number of alkyl halides is 2. The molecule has 0 fully saturated rings. The van der Waals surface area contributed by atoms with Crippen LogP contribution in [0.3, 0.4) is 0 Å². The minimum absolute atomic E-state index is 0.513. The number of hydrogen-bond donors (Lipinski definition) is 0. The number of rotatable bonds is 4. The highest BCUT2D eigenvalue weighted by atomic mass is 32.2. The van der Waals surface area contributed by atoms with Crippen LogP contribution in [0.4, 0.5) is 8.78 Å². The molecule has 0 saturated carbocycles. The van der Waals surface area contributed by atoms with Gasteiger partial charge < -0.3 is 0 Å². The van der Waals surface area contributed by atoms with Crippen LogP contribution in [0.1, 0.15) is 15.9 Å². The van der Waals surface area contributed by atoms with E-state index in [1.165, 1.54) is 0 Å². The molecule has 0 aliphatic carbocycles. The third-order valence-electron chi connectivity index (χ3n) is 2.73. The summed E-state index contributed by atoms with van der Waals surface area (Å²) in [5, 5.41) is 0. The molecule has 2 aromatic rings. The van der Waals surface area contributed by atoms with Crippen molar-refractivity contribution in [3.63, 3.8) is 0 Å². The highest BCUT2D eigenvalue weighted by molar-refractivity contribution is 7.99. The lowest BCUT2D eigenvalue weighted by molar-refractivity contribution is 0.112. The number of carbonyl (C=O) groups excluding carboxylic acids is 1. The molecule has 0 amide bonds. The summed E-state index contributed by atoms with van der Waals surface area (Å²) in [7, 11) is 0. The summed E-state index contributed by atoms with van der Waals surface area (Å²) in [5.74, 6) is -2.42. The van der Waals surface area contributed by atoms with Crippen LogP contribution in [-0.2, 0) is 0 Å². The van der Waals surface area contributed by atoms with Crippen molar-refractivity contribution in [2.75, 3.05) is 0 Å². The van der Waals surface area contributed by atoms with Gasteiger partial charge in [-0.1, -0.05) is 47.7 Å². The van der Waals surface area contributed by atoms with E-state index in [4.69, 9.17) is 0 Å². The second-order valence-electron chi connectivity index (χ2n) is 4.11. The van der Waals surface area contributed by atoms with E-state index in [2.05, 4.69) is 0 Å². The van der Waals surface area contributed by atoms with Crippen molar-refractivity contribution in [2.45, 2.75) is 17.6 Å². The molecule has 0 bridgehead atoms. The number of aldehydes is 1. The van der Waals surface area contributed by atoms with Crippen molar-refractivity contribution in [1.82, 2.24) is 0 Å². The highest BCUT2D eigenvalue weighted by Crippen LogP contribution is 2.29. The second kappa shape index (κ2) is 5.97. The molecule has 0 unspecified atom stereocenters. The number of aryl methyl sites for hydroxylation is 1. The number of thioether (sulfide) groups is 1. The highest BCUT2D eigenvalue weighted by Gasteiger charge is 2.07. The van der Waals surface area contributed by atoms with Gasteiger partial charge in [0.05, 0.1) is 0 Å². The average molecular weight is 278 g/mol. The fourth-order valence-corrected chi connectivity index (χ4v) is 2.34. The molecule has 98 valence electrons. The van der Waals surface area contributed by atoms with Gasteiger partial charge in [0.25, 0.3) is 5.76 Å². The number of carbonyl (C=O) groups is 1. The summed E-state index contributed by atoms with van der Waals surface area (Å²) < 4.78 is 24.5. The Bertz CT molecular complexity index is 579. The Balaban J connectivity index is 2.36. The minimum atomic E-state index is -2.42. The molecule has 0 atom stereocenters. The third-order valence-corrected chi connectivity index (χ3v) is 3.45. The Kier molecular flexibility index (Phi) is 4.32.